The van der Waals surface area contributed by atoms with Crippen LogP contribution in [0.2, 0.25) is 5.02 Å². The predicted octanol–water partition coefficient (Wildman–Crippen LogP) is 4.36. The van der Waals surface area contributed by atoms with E-state index in [0.29, 0.717) is 15.8 Å². The molecule has 0 radical (unpaired) electrons. The predicted molar refractivity (Wildman–Crippen MR) is 119 cm³/mol. The molecule has 0 saturated heterocycles. The van der Waals surface area contributed by atoms with E-state index in [-0.39, 0.29) is 23.1 Å². The Hall–Kier alpha value is -2.16. The Balaban J connectivity index is 2.11. The standard InChI is InChI=1S/C20H23ClN2O4S2/c1-4-18(13-6-9-15(10-7-13)29(3,25)26)23-20(28)22-14-8-11-17(21)16(12-14)19(24)27-5-2/h6-12,18H,4-5H2,1-3H3,(H2,22,23,28)/t18-/m1/s1. The number of hydrogen-bond donors (Lipinski definition) is 2. The Bertz CT molecular complexity index is 992. The Morgan fingerprint density at radius 1 is 1.17 bits per heavy atom. The van der Waals surface area contributed by atoms with Crippen LogP contribution in [0.3, 0.4) is 0 Å². The molecule has 0 amide bonds. The van der Waals surface area contributed by atoms with Crippen LogP contribution < -0.4 is 10.6 Å². The molecule has 2 aromatic rings. The van der Waals surface area contributed by atoms with Gasteiger partial charge < -0.3 is 15.4 Å². The summed E-state index contributed by atoms with van der Waals surface area (Å²) in [5.41, 5.74) is 1.76. The molecule has 9 heteroatoms. The molecule has 0 aliphatic heterocycles. The van der Waals surface area contributed by atoms with Crippen LogP contribution in [0.15, 0.2) is 47.4 Å². The number of hydrogen-bond acceptors (Lipinski definition) is 5. The van der Waals surface area contributed by atoms with Crippen molar-refractivity contribution in [3.8, 4) is 0 Å². The minimum Gasteiger partial charge on any atom is -0.462 e. The molecule has 0 spiro atoms. The second kappa shape index (κ2) is 10.0. The molecule has 2 rings (SSSR count). The van der Waals surface area contributed by atoms with Gasteiger partial charge in [0.2, 0.25) is 0 Å². The van der Waals surface area contributed by atoms with Crippen molar-refractivity contribution in [1.82, 2.24) is 5.32 Å². The average Bonchev–Trinajstić information content (AvgIpc) is 2.67. The van der Waals surface area contributed by atoms with Crippen LogP contribution in [0.4, 0.5) is 5.69 Å². The fraction of sp³-hybridized carbons (Fsp3) is 0.300. The van der Waals surface area contributed by atoms with Gasteiger partial charge in [0.05, 0.1) is 28.1 Å². The van der Waals surface area contributed by atoms with Crippen LogP contribution in [0, 0.1) is 0 Å². The summed E-state index contributed by atoms with van der Waals surface area (Å²) in [6, 6.07) is 11.5. The second-order valence-corrected chi connectivity index (χ2v) is 9.15. The van der Waals surface area contributed by atoms with E-state index in [0.717, 1.165) is 12.0 Å². The SMILES string of the molecule is CCOC(=O)c1cc(NC(=S)N[C@H](CC)c2ccc(S(C)(=O)=O)cc2)ccc1Cl. The molecule has 2 aromatic carbocycles. The van der Waals surface area contributed by atoms with Crippen molar-refractivity contribution in [3.63, 3.8) is 0 Å². The van der Waals surface area contributed by atoms with Gasteiger partial charge in [0.15, 0.2) is 14.9 Å². The lowest BCUT2D eigenvalue weighted by Crippen LogP contribution is -2.32. The first-order valence-electron chi connectivity index (χ1n) is 8.99. The van der Waals surface area contributed by atoms with Gasteiger partial charge in [0, 0.05) is 11.9 Å². The molecule has 0 fully saturated rings. The van der Waals surface area contributed by atoms with Crippen molar-refractivity contribution in [3.05, 3.63) is 58.6 Å². The molecular formula is C20H23ClN2O4S2. The zero-order valence-corrected chi connectivity index (χ0v) is 18.7. The number of anilines is 1. The van der Waals surface area contributed by atoms with Crippen molar-refractivity contribution >= 4 is 50.4 Å². The molecule has 156 valence electrons. The van der Waals surface area contributed by atoms with Gasteiger partial charge in [-0.1, -0.05) is 30.7 Å². The van der Waals surface area contributed by atoms with Crippen LogP contribution >= 0.6 is 23.8 Å². The third kappa shape index (κ3) is 6.42. The van der Waals surface area contributed by atoms with Gasteiger partial charge in [-0.15, -0.1) is 0 Å². The number of esters is 1. The Labute approximate surface area is 181 Å². The van der Waals surface area contributed by atoms with E-state index in [1.807, 2.05) is 6.92 Å². The number of carbonyl (C=O) groups excluding carboxylic acids is 1. The fourth-order valence-corrected chi connectivity index (χ4v) is 3.75. The van der Waals surface area contributed by atoms with E-state index in [9.17, 15) is 13.2 Å². The summed E-state index contributed by atoms with van der Waals surface area (Å²) < 4.78 is 28.2. The number of sulfone groups is 1. The van der Waals surface area contributed by atoms with Crippen LogP contribution in [0.25, 0.3) is 0 Å². The van der Waals surface area contributed by atoms with Gasteiger partial charge in [-0.2, -0.15) is 0 Å². The van der Waals surface area contributed by atoms with Gasteiger partial charge in [-0.3, -0.25) is 0 Å². The second-order valence-electron chi connectivity index (χ2n) is 6.32. The Morgan fingerprint density at radius 3 is 2.38 bits per heavy atom. The molecule has 2 N–H and O–H groups in total. The van der Waals surface area contributed by atoms with E-state index in [1.165, 1.54) is 6.26 Å². The molecule has 0 heterocycles. The monoisotopic (exact) mass is 454 g/mol. The summed E-state index contributed by atoms with van der Waals surface area (Å²) in [5.74, 6) is -0.502. The topological polar surface area (TPSA) is 84.5 Å². The van der Waals surface area contributed by atoms with E-state index in [4.69, 9.17) is 28.6 Å². The summed E-state index contributed by atoms with van der Waals surface area (Å²) >= 11 is 11.5. The van der Waals surface area contributed by atoms with E-state index >= 15 is 0 Å². The summed E-state index contributed by atoms with van der Waals surface area (Å²) in [5, 5.41) is 6.89. The molecule has 0 aromatic heterocycles. The Morgan fingerprint density at radius 2 is 1.83 bits per heavy atom. The maximum Gasteiger partial charge on any atom is 0.339 e. The highest BCUT2D eigenvalue weighted by atomic mass is 35.5. The summed E-state index contributed by atoms with van der Waals surface area (Å²) in [6.07, 6.45) is 1.90. The minimum absolute atomic E-state index is 0.111. The van der Waals surface area contributed by atoms with Crippen LogP contribution in [0.5, 0.6) is 0 Å². The average molecular weight is 455 g/mol. The van der Waals surface area contributed by atoms with Gasteiger partial charge in [0.1, 0.15) is 0 Å². The lowest BCUT2D eigenvalue weighted by molar-refractivity contribution is 0.0526. The van der Waals surface area contributed by atoms with Crippen LogP contribution in [-0.4, -0.2) is 32.4 Å². The number of halogens is 1. The molecule has 0 aliphatic rings. The molecule has 0 unspecified atom stereocenters. The number of carbonyl (C=O) groups is 1. The van der Waals surface area contributed by atoms with E-state index in [1.54, 1.807) is 49.4 Å². The largest absolute Gasteiger partial charge is 0.462 e. The highest BCUT2D eigenvalue weighted by Gasteiger charge is 2.15. The van der Waals surface area contributed by atoms with Crippen molar-refractivity contribution in [2.24, 2.45) is 0 Å². The molecule has 6 nitrogen and oxygen atoms in total. The molecule has 0 bridgehead atoms. The number of nitrogens with one attached hydrogen (secondary N) is 2. The zero-order valence-electron chi connectivity index (χ0n) is 16.4. The number of thiocarbonyl (C=S) groups is 1. The van der Waals surface area contributed by atoms with Crippen molar-refractivity contribution < 1.29 is 17.9 Å². The molecule has 29 heavy (non-hydrogen) atoms. The first-order valence-corrected chi connectivity index (χ1v) is 11.7. The first kappa shape index (κ1) is 23.1. The maximum absolute atomic E-state index is 12.0. The summed E-state index contributed by atoms with van der Waals surface area (Å²) in [7, 11) is -3.24. The quantitative estimate of drug-likeness (QED) is 0.475. The molecule has 0 saturated carbocycles. The zero-order chi connectivity index (χ0) is 21.6. The minimum atomic E-state index is -3.24. The number of ether oxygens (including phenoxy) is 1. The normalized spacial score (nSPS) is 12.1. The third-order valence-electron chi connectivity index (χ3n) is 4.14. The number of benzene rings is 2. The first-order chi connectivity index (χ1) is 13.7. The lowest BCUT2D eigenvalue weighted by Gasteiger charge is -2.20. The van der Waals surface area contributed by atoms with Crippen molar-refractivity contribution in [2.45, 2.75) is 31.2 Å². The highest BCUT2D eigenvalue weighted by Crippen LogP contribution is 2.23. The summed E-state index contributed by atoms with van der Waals surface area (Å²) in [4.78, 5) is 12.3. The van der Waals surface area contributed by atoms with Gasteiger partial charge in [-0.25, -0.2) is 13.2 Å². The third-order valence-corrected chi connectivity index (χ3v) is 5.82. The maximum atomic E-state index is 12.0. The number of rotatable bonds is 7. The van der Waals surface area contributed by atoms with Gasteiger partial charge in [0.25, 0.3) is 0 Å². The fourth-order valence-electron chi connectivity index (χ4n) is 2.66. The van der Waals surface area contributed by atoms with Gasteiger partial charge >= 0.3 is 5.97 Å². The molecule has 1 atom stereocenters. The Kier molecular flexibility index (Phi) is 8.01. The van der Waals surface area contributed by atoms with Crippen molar-refractivity contribution in [2.75, 3.05) is 18.2 Å². The summed E-state index contributed by atoms with van der Waals surface area (Å²) in [6.45, 7) is 3.97. The highest BCUT2D eigenvalue weighted by molar-refractivity contribution is 7.90. The lowest BCUT2D eigenvalue weighted by atomic mass is 10.1. The van der Waals surface area contributed by atoms with Gasteiger partial charge in [-0.05, 0) is 61.5 Å². The van der Waals surface area contributed by atoms with Crippen LogP contribution in [-0.2, 0) is 14.6 Å². The smallest absolute Gasteiger partial charge is 0.339 e. The van der Waals surface area contributed by atoms with E-state index in [2.05, 4.69) is 10.6 Å². The van der Waals surface area contributed by atoms with Crippen molar-refractivity contribution in [1.29, 1.82) is 0 Å². The van der Waals surface area contributed by atoms with Crippen LogP contribution in [0.1, 0.15) is 42.2 Å². The molecule has 0 aliphatic carbocycles. The molecular weight excluding hydrogens is 432 g/mol. The van der Waals surface area contributed by atoms with E-state index < -0.39 is 15.8 Å².